The van der Waals surface area contributed by atoms with Gasteiger partial charge in [-0.15, -0.1) is 0 Å². The fourth-order valence-corrected chi connectivity index (χ4v) is 5.04. The first-order valence-corrected chi connectivity index (χ1v) is 12.9. The van der Waals surface area contributed by atoms with E-state index in [9.17, 15) is 14.0 Å². The van der Waals surface area contributed by atoms with E-state index in [0.717, 1.165) is 29.4 Å². The van der Waals surface area contributed by atoms with Crippen molar-refractivity contribution in [3.63, 3.8) is 0 Å². The highest BCUT2D eigenvalue weighted by Crippen LogP contribution is 2.34. The van der Waals surface area contributed by atoms with Gasteiger partial charge in [-0.3, -0.25) is 9.48 Å². The summed E-state index contributed by atoms with van der Waals surface area (Å²) in [7, 11) is 0. The molecule has 0 aliphatic carbocycles. The van der Waals surface area contributed by atoms with E-state index in [1.165, 1.54) is 6.20 Å². The van der Waals surface area contributed by atoms with Crippen LogP contribution < -0.4 is 0 Å². The maximum atomic E-state index is 14.4. The van der Waals surface area contributed by atoms with Crippen LogP contribution in [0.4, 0.5) is 4.39 Å². The number of carbonyl (C=O) groups is 2. The number of carboxylic acid groups (broad SMARTS) is 1. The Morgan fingerprint density at radius 1 is 1.11 bits per heavy atom. The molecule has 1 fully saturated rings. The molecule has 1 N–H and O–H groups in total. The summed E-state index contributed by atoms with van der Waals surface area (Å²) >= 11 is 0. The van der Waals surface area contributed by atoms with Crippen LogP contribution in [-0.4, -0.2) is 54.3 Å². The maximum absolute atomic E-state index is 14.4. The number of likely N-dealkylation sites (tertiary alicyclic amines) is 1. The Bertz CT molecular complexity index is 1520. The lowest BCUT2D eigenvalue weighted by molar-refractivity contribution is 0.0670. The Morgan fingerprint density at radius 2 is 1.84 bits per heavy atom. The zero-order chi connectivity index (χ0) is 27.2. The smallest absolute Gasteiger partial charge is 0.338 e. The van der Waals surface area contributed by atoms with Crippen LogP contribution in [0, 0.1) is 18.7 Å². The van der Waals surface area contributed by atoms with Crippen LogP contribution in [0.1, 0.15) is 60.0 Å². The molecule has 198 valence electrons. The number of halogens is 1. The largest absolute Gasteiger partial charge is 0.478 e. The van der Waals surface area contributed by atoms with Crippen molar-refractivity contribution in [3.05, 3.63) is 71.6 Å². The molecule has 1 saturated heterocycles. The number of rotatable bonds is 5. The summed E-state index contributed by atoms with van der Waals surface area (Å²) in [6, 6.07) is 8.91. The van der Waals surface area contributed by atoms with Crippen LogP contribution in [-0.2, 0) is 12.1 Å². The second kappa shape index (κ2) is 9.70. The molecule has 0 atom stereocenters. The predicted octanol–water partition coefficient (Wildman–Crippen LogP) is 5.35. The molecule has 9 heteroatoms. The van der Waals surface area contributed by atoms with Crippen LogP contribution in [0.25, 0.3) is 22.2 Å². The van der Waals surface area contributed by atoms with Gasteiger partial charge in [0.1, 0.15) is 17.2 Å². The van der Waals surface area contributed by atoms with E-state index >= 15 is 0 Å². The zero-order valence-electron chi connectivity index (χ0n) is 22.1. The van der Waals surface area contributed by atoms with E-state index in [-0.39, 0.29) is 22.8 Å². The minimum absolute atomic E-state index is 0.109. The number of aromatic nitrogens is 4. The van der Waals surface area contributed by atoms with Gasteiger partial charge in [0.15, 0.2) is 0 Å². The lowest BCUT2D eigenvalue weighted by atomic mass is 9.96. The molecule has 38 heavy (non-hydrogen) atoms. The summed E-state index contributed by atoms with van der Waals surface area (Å²) in [4.78, 5) is 31.2. The van der Waals surface area contributed by atoms with Gasteiger partial charge in [-0.05, 0) is 75.8 Å². The van der Waals surface area contributed by atoms with E-state index in [2.05, 4.69) is 25.9 Å². The molecule has 1 aromatic carbocycles. The van der Waals surface area contributed by atoms with Crippen LogP contribution >= 0.6 is 0 Å². The van der Waals surface area contributed by atoms with E-state index in [1.807, 2.05) is 27.8 Å². The first-order valence-electron chi connectivity index (χ1n) is 12.9. The molecule has 8 nitrogen and oxygen atoms in total. The molecule has 0 spiro atoms. The first-order chi connectivity index (χ1) is 18.0. The van der Waals surface area contributed by atoms with Crippen molar-refractivity contribution in [2.24, 2.45) is 5.92 Å². The summed E-state index contributed by atoms with van der Waals surface area (Å²) < 4.78 is 18.1. The third kappa shape index (κ3) is 4.92. The molecule has 5 rings (SSSR count). The average Bonchev–Trinajstić information content (AvgIpc) is 3.50. The number of nitrogens with zero attached hydrogens (tertiary/aromatic N) is 5. The highest BCUT2D eigenvalue weighted by Gasteiger charge is 2.27. The molecule has 0 unspecified atom stereocenters. The first kappa shape index (κ1) is 25.6. The van der Waals surface area contributed by atoms with Crippen LogP contribution in [0.5, 0.6) is 0 Å². The average molecular weight is 518 g/mol. The number of benzene rings is 1. The summed E-state index contributed by atoms with van der Waals surface area (Å²) in [5.41, 5.74) is 3.22. The van der Waals surface area contributed by atoms with E-state index in [0.29, 0.717) is 42.5 Å². The number of piperidine rings is 1. The van der Waals surface area contributed by atoms with Crippen molar-refractivity contribution >= 4 is 22.9 Å². The van der Waals surface area contributed by atoms with Crippen molar-refractivity contribution in [2.45, 2.75) is 52.6 Å². The van der Waals surface area contributed by atoms with Crippen LogP contribution in [0.2, 0.25) is 0 Å². The van der Waals surface area contributed by atoms with Crippen LogP contribution in [0.3, 0.4) is 0 Å². The van der Waals surface area contributed by atoms with Crippen molar-refractivity contribution in [1.29, 1.82) is 0 Å². The zero-order valence-corrected chi connectivity index (χ0v) is 22.1. The number of pyridine rings is 1. The minimum atomic E-state index is -0.989. The van der Waals surface area contributed by atoms with Crippen LogP contribution in [0.15, 0.2) is 48.9 Å². The second-order valence-corrected chi connectivity index (χ2v) is 11.1. The number of aryl methyl sites for hydroxylation is 1. The topological polar surface area (TPSA) is 93.2 Å². The van der Waals surface area contributed by atoms with E-state index in [1.54, 1.807) is 36.0 Å². The third-order valence-electron chi connectivity index (χ3n) is 7.30. The second-order valence-electron chi connectivity index (χ2n) is 11.1. The Morgan fingerprint density at radius 3 is 2.47 bits per heavy atom. The summed E-state index contributed by atoms with van der Waals surface area (Å²) in [5, 5.41) is 14.1. The summed E-state index contributed by atoms with van der Waals surface area (Å²) in [6.45, 7) is 9.80. The van der Waals surface area contributed by atoms with E-state index < -0.39 is 5.97 Å². The Labute approximate surface area is 220 Å². The summed E-state index contributed by atoms with van der Waals surface area (Å²) in [5.74, 6) is -1.04. The maximum Gasteiger partial charge on any atom is 0.338 e. The fraction of sp³-hybridized carbons (Fsp3) is 0.379. The van der Waals surface area contributed by atoms with Crippen molar-refractivity contribution in [3.8, 4) is 11.1 Å². The van der Waals surface area contributed by atoms with Gasteiger partial charge < -0.3 is 14.6 Å². The molecule has 3 aromatic heterocycles. The van der Waals surface area contributed by atoms with Gasteiger partial charge in [0, 0.05) is 48.5 Å². The minimum Gasteiger partial charge on any atom is -0.478 e. The summed E-state index contributed by atoms with van der Waals surface area (Å²) in [6.07, 6.45) is 6.50. The SMILES string of the molecule is Cc1ccc(-c2cn(C(C)(C)C)c3nc(C(=O)N4CCC(Cn5cc(C(=O)O)cn5)CC4)ccc23)cc1F. The van der Waals surface area contributed by atoms with Crippen molar-refractivity contribution in [1.82, 2.24) is 24.2 Å². The molecular weight excluding hydrogens is 485 g/mol. The van der Waals surface area contributed by atoms with Crippen molar-refractivity contribution in [2.75, 3.05) is 13.1 Å². The van der Waals surface area contributed by atoms with Gasteiger partial charge in [-0.2, -0.15) is 5.10 Å². The monoisotopic (exact) mass is 517 g/mol. The number of fused-ring (bicyclic) bond motifs is 1. The van der Waals surface area contributed by atoms with Gasteiger partial charge in [0.2, 0.25) is 0 Å². The normalized spacial score (nSPS) is 14.8. The number of carbonyl (C=O) groups excluding carboxylic acids is 1. The van der Waals surface area contributed by atoms with Gasteiger partial charge >= 0.3 is 5.97 Å². The van der Waals surface area contributed by atoms with Gasteiger partial charge in [-0.1, -0.05) is 12.1 Å². The number of aromatic carboxylic acids is 1. The standard InChI is InChI=1S/C29H32FN5O3/c1-18-5-6-20(13-24(18)30)23-17-35(29(2,3)4)26-22(23)7-8-25(32-26)27(36)33-11-9-19(10-12-33)15-34-16-21(14-31-34)28(37)38/h5-8,13-14,16-17,19H,9-12,15H2,1-4H3,(H,37,38). The molecule has 0 bridgehead atoms. The number of hydrogen-bond donors (Lipinski definition) is 1. The highest BCUT2D eigenvalue weighted by atomic mass is 19.1. The van der Waals surface area contributed by atoms with Gasteiger partial charge in [-0.25, -0.2) is 14.2 Å². The Kier molecular flexibility index (Phi) is 6.54. The Hall–Kier alpha value is -4.01. The third-order valence-corrected chi connectivity index (χ3v) is 7.30. The van der Waals surface area contributed by atoms with E-state index in [4.69, 9.17) is 10.1 Å². The molecule has 0 radical (unpaired) electrons. The molecule has 1 aliphatic rings. The Balaban J connectivity index is 1.36. The quantitative estimate of drug-likeness (QED) is 0.385. The molecule has 1 amide bonds. The van der Waals surface area contributed by atoms with Crippen molar-refractivity contribution < 1.29 is 19.1 Å². The lowest BCUT2D eigenvalue weighted by Gasteiger charge is -2.31. The molecule has 1 aliphatic heterocycles. The number of carboxylic acids is 1. The fourth-order valence-electron chi connectivity index (χ4n) is 5.04. The number of amides is 1. The number of hydrogen-bond acceptors (Lipinski definition) is 4. The molecule has 4 aromatic rings. The lowest BCUT2D eigenvalue weighted by Crippen LogP contribution is -2.39. The molecule has 4 heterocycles. The molecular formula is C29H32FN5O3. The predicted molar refractivity (Wildman–Crippen MR) is 143 cm³/mol. The van der Waals surface area contributed by atoms with Gasteiger partial charge in [0.05, 0.1) is 11.8 Å². The highest BCUT2D eigenvalue weighted by molar-refractivity contribution is 5.99. The molecule has 0 saturated carbocycles. The van der Waals surface area contributed by atoms with Gasteiger partial charge in [0.25, 0.3) is 5.91 Å².